The van der Waals surface area contributed by atoms with Crippen molar-refractivity contribution in [2.45, 2.75) is 25.2 Å². The van der Waals surface area contributed by atoms with Crippen molar-refractivity contribution in [3.8, 4) is 11.1 Å². The van der Waals surface area contributed by atoms with E-state index in [4.69, 9.17) is 14.3 Å². The number of rotatable bonds is 9. The Morgan fingerprint density at radius 2 is 2.05 bits per heavy atom. The van der Waals surface area contributed by atoms with Crippen molar-refractivity contribution >= 4 is 23.5 Å². The number of carbonyl (C=O) groups is 2. The van der Waals surface area contributed by atoms with Gasteiger partial charge in [0.05, 0.1) is 51.8 Å². The molecule has 0 spiro atoms. The van der Waals surface area contributed by atoms with Gasteiger partial charge in [0.25, 0.3) is 0 Å². The first-order chi connectivity index (χ1) is 18.6. The largest absolute Gasteiger partial charge is 0.457 e. The van der Waals surface area contributed by atoms with Gasteiger partial charge in [0.2, 0.25) is 0 Å². The van der Waals surface area contributed by atoms with Gasteiger partial charge in [-0.2, -0.15) is 0 Å². The van der Waals surface area contributed by atoms with Crippen LogP contribution in [0.1, 0.15) is 12.1 Å². The van der Waals surface area contributed by atoms with Gasteiger partial charge in [-0.15, -0.1) is 5.10 Å². The van der Waals surface area contributed by atoms with E-state index in [1.807, 2.05) is 21.1 Å². The van der Waals surface area contributed by atoms with Gasteiger partial charge in [-0.25, -0.2) is 18.7 Å². The Labute approximate surface area is 224 Å². The van der Waals surface area contributed by atoms with Crippen molar-refractivity contribution in [1.29, 1.82) is 0 Å². The van der Waals surface area contributed by atoms with Gasteiger partial charge < -0.3 is 18.8 Å². The number of ether oxygens (including phenoxy) is 2. The third kappa shape index (κ3) is 6.37. The summed E-state index contributed by atoms with van der Waals surface area (Å²) in [6.07, 6.45) is 3.88. The topological polar surface area (TPSA) is 121 Å². The maximum Gasteiger partial charge on any atom is 0.414 e. The molecule has 2 aliphatic rings. The summed E-state index contributed by atoms with van der Waals surface area (Å²) in [6.45, 7) is 0.994. The van der Waals surface area contributed by atoms with Crippen LogP contribution in [0.3, 0.4) is 0 Å². The van der Waals surface area contributed by atoms with E-state index in [9.17, 15) is 9.59 Å². The number of halogens is 1. The van der Waals surface area contributed by atoms with Crippen LogP contribution in [0.15, 0.2) is 54.1 Å². The Kier molecular flexibility index (Phi) is 7.24. The van der Waals surface area contributed by atoms with Crippen LogP contribution < -0.4 is 4.90 Å². The van der Waals surface area contributed by atoms with Gasteiger partial charge in [0.1, 0.15) is 24.2 Å². The molecule has 3 aromatic rings. The predicted octanol–water partition coefficient (Wildman–Crippen LogP) is 2.25. The van der Waals surface area contributed by atoms with Crippen molar-refractivity contribution in [2.75, 3.05) is 45.7 Å². The van der Waals surface area contributed by atoms with E-state index in [1.54, 1.807) is 47.5 Å². The minimum absolute atomic E-state index is 0.104. The molecule has 0 unspecified atom stereocenters. The average molecular weight is 539 g/mol. The van der Waals surface area contributed by atoms with Gasteiger partial charge in [-0.05, 0) is 24.3 Å². The molecule has 2 aliphatic heterocycles. The first kappa shape index (κ1) is 26.2. The van der Waals surface area contributed by atoms with Gasteiger partial charge in [-0.3, -0.25) is 9.88 Å². The van der Waals surface area contributed by atoms with Crippen LogP contribution in [-0.2, 0) is 25.7 Å². The summed E-state index contributed by atoms with van der Waals surface area (Å²) >= 11 is 0. The highest BCUT2D eigenvalue weighted by atomic mass is 19.1. The van der Waals surface area contributed by atoms with Crippen molar-refractivity contribution in [3.05, 3.63) is 60.4 Å². The molecule has 4 heterocycles. The number of benzene rings is 1. The molecule has 2 atom stereocenters. The smallest absolute Gasteiger partial charge is 0.414 e. The monoisotopic (exact) mass is 538 g/mol. The Morgan fingerprint density at radius 3 is 2.74 bits per heavy atom. The van der Waals surface area contributed by atoms with Crippen molar-refractivity contribution < 1.29 is 32.8 Å². The number of cyclic esters (lactones) is 1. The van der Waals surface area contributed by atoms with E-state index in [0.29, 0.717) is 45.7 Å². The maximum absolute atomic E-state index is 15.1. The Balaban J connectivity index is 1.18. The number of esters is 1. The molecule has 0 N–H and O–H groups in total. The second kappa shape index (κ2) is 10.8. The number of pyridine rings is 1. The van der Waals surface area contributed by atoms with E-state index >= 15 is 4.39 Å². The van der Waals surface area contributed by atoms with Crippen LogP contribution in [0.5, 0.6) is 0 Å². The highest BCUT2D eigenvalue weighted by Gasteiger charge is 2.33. The number of nitrogens with zero attached hydrogens (tertiary/aromatic N) is 7. The quantitative estimate of drug-likeness (QED) is 0.301. The second-order valence-corrected chi connectivity index (χ2v) is 10.4. The number of hydrogen-bond donors (Lipinski definition) is 0. The fourth-order valence-electron chi connectivity index (χ4n) is 4.28. The van der Waals surface area contributed by atoms with Gasteiger partial charge in [0.15, 0.2) is 12.6 Å². The molecule has 0 radical (unpaired) electrons. The van der Waals surface area contributed by atoms with Crippen LogP contribution in [0, 0.1) is 5.82 Å². The number of aromatic nitrogens is 4. The van der Waals surface area contributed by atoms with Crippen molar-refractivity contribution in [2.24, 2.45) is 5.16 Å². The molecule has 13 heteroatoms. The molecular weight excluding hydrogens is 509 g/mol. The standard InChI is InChI=1S/C26H29FN7O5/c1-34(2,3)15-25(35)37-16-19-11-24(30-39-19)23-7-4-17(12-28-23)21-6-5-18(10-22(21)27)33-14-20(38-26(33)36)13-32-9-8-29-31-32/h4-10,12,19-20H,11,13-16H2,1-3H3/q+1/t19-,20-/m0/s1. The maximum atomic E-state index is 15.1. The molecule has 0 saturated carbocycles. The molecule has 0 aliphatic carbocycles. The summed E-state index contributed by atoms with van der Waals surface area (Å²) < 4.78 is 27.9. The summed E-state index contributed by atoms with van der Waals surface area (Å²) in [5, 5.41) is 11.7. The predicted molar refractivity (Wildman–Crippen MR) is 137 cm³/mol. The van der Waals surface area contributed by atoms with E-state index in [0.717, 1.165) is 0 Å². The molecule has 204 valence electrons. The van der Waals surface area contributed by atoms with Gasteiger partial charge in [0, 0.05) is 29.9 Å². The Hall–Kier alpha value is -4.39. The third-order valence-corrected chi connectivity index (χ3v) is 6.14. The lowest BCUT2D eigenvalue weighted by molar-refractivity contribution is -0.862. The fraction of sp³-hybridized carbons (Fsp3) is 0.385. The summed E-state index contributed by atoms with van der Waals surface area (Å²) in [6, 6.07) is 8.07. The van der Waals surface area contributed by atoms with E-state index < -0.39 is 18.0 Å². The lowest BCUT2D eigenvalue weighted by atomic mass is 10.0. The number of hydrogen-bond acceptors (Lipinski definition) is 9. The van der Waals surface area contributed by atoms with Crippen LogP contribution in [0.2, 0.25) is 0 Å². The first-order valence-electron chi connectivity index (χ1n) is 12.4. The zero-order valence-electron chi connectivity index (χ0n) is 21.9. The number of likely N-dealkylation sites (N-methyl/N-ethyl adjacent to an activating group) is 1. The lowest BCUT2D eigenvalue weighted by Crippen LogP contribution is -2.40. The molecular formula is C26H29FN7O5+. The highest BCUT2D eigenvalue weighted by Crippen LogP contribution is 2.29. The van der Waals surface area contributed by atoms with E-state index in [2.05, 4.69) is 20.5 Å². The number of amides is 1. The summed E-state index contributed by atoms with van der Waals surface area (Å²) in [4.78, 5) is 35.5. The molecule has 39 heavy (non-hydrogen) atoms. The molecule has 1 fully saturated rings. The van der Waals surface area contributed by atoms with Crippen LogP contribution in [0.4, 0.5) is 14.9 Å². The Bertz CT molecular complexity index is 1370. The SMILES string of the molecule is C[N+](C)(C)CC(=O)OC[C@@H]1CC(c2ccc(-c3ccc(N4C[C@H](Cn5ccnn5)OC4=O)cc3F)cn2)=NO1. The minimum atomic E-state index is -0.542. The van der Waals surface area contributed by atoms with E-state index in [1.165, 1.54) is 11.0 Å². The summed E-state index contributed by atoms with van der Waals surface area (Å²) in [5.74, 6) is -0.796. The lowest BCUT2D eigenvalue weighted by Gasteiger charge is -2.22. The Morgan fingerprint density at radius 1 is 1.21 bits per heavy atom. The molecule has 1 aromatic carbocycles. The average Bonchev–Trinajstić information content (AvgIpc) is 3.64. The molecule has 0 bridgehead atoms. The fourth-order valence-corrected chi connectivity index (χ4v) is 4.28. The van der Waals surface area contributed by atoms with E-state index in [-0.39, 0.29) is 31.8 Å². The van der Waals surface area contributed by atoms with Crippen LogP contribution in [0.25, 0.3) is 11.1 Å². The molecule has 1 saturated heterocycles. The highest BCUT2D eigenvalue weighted by molar-refractivity contribution is 5.99. The van der Waals surface area contributed by atoms with Crippen LogP contribution >= 0.6 is 0 Å². The van der Waals surface area contributed by atoms with Gasteiger partial charge >= 0.3 is 12.1 Å². The summed E-state index contributed by atoms with van der Waals surface area (Å²) in [5.41, 5.74) is 2.53. The molecule has 12 nitrogen and oxygen atoms in total. The minimum Gasteiger partial charge on any atom is -0.457 e. The second-order valence-electron chi connectivity index (χ2n) is 10.4. The molecule has 1 amide bonds. The zero-order valence-corrected chi connectivity index (χ0v) is 21.9. The number of anilines is 1. The van der Waals surface area contributed by atoms with Crippen molar-refractivity contribution in [3.63, 3.8) is 0 Å². The third-order valence-electron chi connectivity index (χ3n) is 6.14. The normalized spacial score (nSPS) is 19.0. The molecule has 5 rings (SSSR count). The van der Waals surface area contributed by atoms with Crippen molar-refractivity contribution in [1.82, 2.24) is 20.0 Å². The number of carbonyl (C=O) groups excluding carboxylic acids is 2. The first-order valence-corrected chi connectivity index (χ1v) is 12.4. The van der Waals surface area contributed by atoms with Crippen LogP contribution in [-0.4, -0.2) is 95.3 Å². The summed E-state index contributed by atoms with van der Waals surface area (Å²) in [7, 11) is 5.72. The van der Waals surface area contributed by atoms with Gasteiger partial charge in [-0.1, -0.05) is 16.4 Å². The number of oxime groups is 1. The zero-order chi connectivity index (χ0) is 27.6. The molecule has 2 aromatic heterocycles. The number of quaternary nitrogens is 1.